The summed E-state index contributed by atoms with van der Waals surface area (Å²) >= 11 is 0. The number of hydrogen-bond donors (Lipinski definition) is 0. The number of fused-ring (bicyclic) bond motifs is 3. The van der Waals surface area contributed by atoms with Crippen molar-refractivity contribution in [2.75, 3.05) is 0 Å². The number of rotatable bonds is 6. The van der Waals surface area contributed by atoms with Gasteiger partial charge >= 0.3 is 0 Å². The molecule has 4 heteroatoms. The van der Waals surface area contributed by atoms with Crippen LogP contribution < -0.4 is 20.7 Å². The first kappa shape index (κ1) is 29.0. The van der Waals surface area contributed by atoms with E-state index in [9.17, 15) is 10.5 Å². The normalized spacial score (nSPS) is 11.3. The van der Waals surface area contributed by atoms with Crippen LogP contribution in [0.5, 0.6) is 0 Å². The van der Waals surface area contributed by atoms with Crippen LogP contribution in [0.2, 0.25) is 0 Å². The molecule has 0 aliphatic rings. The third kappa shape index (κ3) is 4.55. The number of nitrogens with zero attached hydrogens (tertiary/aromatic N) is 3. The SMILES string of the molecule is N#Cc1cc(-c2ccc(C#N)c([Si](c3ccccc3)(c3ccccc3)c3ccccc3)c2)ccc1-n1c2ccccc2c2ccccc21. The zero-order valence-electron chi connectivity index (χ0n) is 26.1. The van der Waals surface area contributed by atoms with E-state index in [1.807, 2.05) is 48.5 Å². The molecule has 0 aliphatic heterocycles. The van der Waals surface area contributed by atoms with Crippen molar-refractivity contribution in [3.05, 3.63) is 187 Å². The molecule has 0 N–H and O–H groups in total. The molecular formula is C44H29N3Si. The zero-order chi connectivity index (χ0) is 32.5. The Hall–Kier alpha value is -6.46. The Balaban J connectivity index is 1.37. The molecule has 1 heterocycles. The van der Waals surface area contributed by atoms with Gasteiger partial charge in [0.25, 0.3) is 0 Å². The third-order valence-electron chi connectivity index (χ3n) is 9.44. The molecule has 0 spiro atoms. The summed E-state index contributed by atoms with van der Waals surface area (Å²) in [6.07, 6.45) is 0. The molecule has 0 aliphatic carbocycles. The number of benzene rings is 7. The Morgan fingerprint density at radius 3 is 1.35 bits per heavy atom. The van der Waals surface area contributed by atoms with E-state index in [0.717, 1.165) is 43.8 Å². The smallest absolute Gasteiger partial charge is 0.180 e. The van der Waals surface area contributed by atoms with Gasteiger partial charge in [-0.05, 0) is 62.2 Å². The molecule has 0 atom stereocenters. The molecule has 0 unspecified atom stereocenters. The predicted molar refractivity (Wildman–Crippen MR) is 199 cm³/mol. The van der Waals surface area contributed by atoms with E-state index in [4.69, 9.17) is 0 Å². The Kier molecular flexibility index (Phi) is 7.27. The van der Waals surface area contributed by atoms with Gasteiger partial charge in [0.2, 0.25) is 0 Å². The first-order valence-electron chi connectivity index (χ1n) is 16.0. The lowest BCUT2D eigenvalue weighted by Crippen LogP contribution is -2.75. The summed E-state index contributed by atoms with van der Waals surface area (Å²) in [6, 6.07) is 65.9. The van der Waals surface area contributed by atoms with Crippen LogP contribution in [0, 0.1) is 22.7 Å². The molecular weight excluding hydrogens is 599 g/mol. The van der Waals surface area contributed by atoms with Crippen LogP contribution in [0.4, 0.5) is 0 Å². The Labute approximate surface area is 280 Å². The standard InChI is InChI=1S/C44H29N3Si/c45-30-34-25-24-33(29-44(34)48(36-14-4-1-5-15-36,37-16-6-2-7-17-37)38-18-8-3-9-19-38)32-26-27-41(35(28-32)31-46)47-42-22-12-10-20-39(42)40-21-11-13-23-43(40)47/h1-29H. The van der Waals surface area contributed by atoms with Crippen molar-refractivity contribution in [1.29, 1.82) is 10.5 Å². The Morgan fingerprint density at radius 2 is 0.854 bits per heavy atom. The Morgan fingerprint density at radius 1 is 0.417 bits per heavy atom. The van der Waals surface area contributed by atoms with Crippen LogP contribution in [0.15, 0.2) is 176 Å². The lowest BCUT2D eigenvalue weighted by Gasteiger charge is -2.35. The molecule has 0 fully saturated rings. The highest BCUT2D eigenvalue weighted by Crippen LogP contribution is 2.34. The Bertz CT molecular complexity index is 2370. The van der Waals surface area contributed by atoms with Gasteiger partial charge in [0.15, 0.2) is 8.07 Å². The maximum absolute atomic E-state index is 10.6. The molecule has 8 rings (SSSR count). The van der Waals surface area contributed by atoms with Crippen molar-refractivity contribution in [2.45, 2.75) is 0 Å². The van der Waals surface area contributed by atoms with Crippen LogP contribution in [0.1, 0.15) is 11.1 Å². The zero-order valence-corrected chi connectivity index (χ0v) is 27.1. The van der Waals surface area contributed by atoms with Crippen LogP contribution in [0.25, 0.3) is 38.6 Å². The van der Waals surface area contributed by atoms with Gasteiger partial charge in [0.1, 0.15) is 6.07 Å². The molecule has 8 aromatic rings. The number of aromatic nitrogens is 1. The van der Waals surface area contributed by atoms with Gasteiger partial charge in [-0.2, -0.15) is 10.5 Å². The van der Waals surface area contributed by atoms with Crippen LogP contribution in [-0.2, 0) is 0 Å². The number of para-hydroxylation sites is 2. The lowest BCUT2D eigenvalue weighted by molar-refractivity contribution is 1.17. The minimum atomic E-state index is -2.96. The first-order chi connectivity index (χ1) is 23.7. The summed E-state index contributed by atoms with van der Waals surface area (Å²) in [4.78, 5) is 0. The molecule has 7 aromatic carbocycles. The van der Waals surface area contributed by atoms with E-state index < -0.39 is 8.07 Å². The van der Waals surface area contributed by atoms with Gasteiger partial charge in [-0.15, -0.1) is 0 Å². The minimum Gasteiger partial charge on any atom is -0.308 e. The molecule has 0 radical (unpaired) electrons. The second kappa shape index (κ2) is 12.0. The summed E-state index contributed by atoms with van der Waals surface area (Å²) in [5.74, 6) is 0. The second-order valence-electron chi connectivity index (χ2n) is 11.9. The maximum Gasteiger partial charge on any atom is 0.180 e. The van der Waals surface area contributed by atoms with Gasteiger partial charge in [0.05, 0.1) is 33.9 Å². The van der Waals surface area contributed by atoms with Gasteiger partial charge in [-0.3, -0.25) is 0 Å². The van der Waals surface area contributed by atoms with Crippen molar-refractivity contribution in [3.63, 3.8) is 0 Å². The van der Waals surface area contributed by atoms with Crippen molar-refractivity contribution < 1.29 is 0 Å². The van der Waals surface area contributed by atoms with E-state index in [1.54, 1.807) is 0 Å². The van der Waals surface area contributed by atoms with E-state index in [0.29, 0.717) is 11.1 Å². The van der Waals surface area contributed by atoms with Crippen LogP contribution >= 0.6 is 0 Å². The molecule has 224 valence electrons. The van der Waals surface area contributed by atoms with Crippen molar-refractivity contribution >= 4 is 50.6 Å². The summed E-state index contributed by atoms with van der Waals surface area (Å²) in [5.41, 5.74) is 6.11. The van der Waals surface area contributed by atoms with Gasteiger partial charge in [-0.1, -0.05) is 146 Å². The fraction of sp³-hybridized carbons (Fsp3) is 0. The molecule has 0 bridgehead atoms. The summed E-state index contributed by atoms with van der Waals surface area (Å²) < 4.78 is 2.19. The van der Waals surface area contributed by atoms with Gasteiger partial charge in [-0.25, -0.2) is 0 Å². The average Bonchev–Trinajstić information content (AvgIpc) is 3.50. The number of hydrogen-bond acceptors (Lipinski definition) is 2. The lowest BCUT2D eigenvalue weighted by atomic mass is 10.0. The fourth-order valence-electron chi connectivity index (χ4n) is 7.34. The second-order valence-corrected chi connectivity index (χ2v) is 15.7. The highest BCUT2D eigenvalue weighted by Gasteiger charge is 2.43. The number of nitriles is 2. The average molecular weight is 628 g/mol. The monoisotopic (exact) mass is 627 g/mol. The highest BCUT2D eigenvalue weighted by atomic mass is 28.3. The van der Waals surface area contributed by atoms with E-state index >= 15 is 0 Å². The van der Waals surface area contributed by atoms with Gasteiger partial charge in [0, 0.05) is 10.8 Å². The summed E-state index contributed by atoms with van der Waals surface area (Å²) in [6.45, 7) is 0. The fourth-order valence-corrected chi connectivity index (χ4v) is 12.3. The quantitative estimate of drug-likeness (QED) is 0.141. The van der Waals surface area contributed by atoms with E-state index in [1.165, 1.54) is 15.6 Å². The van der Waals surface area contributed by atoms with E-state index in [2.05, 4.69) is 144 Å². The van der Waals surface area contributed by atoms with Crippen molar-refractivity contribution in [1.82, 2.24) is 4.57 Å². The topological polar surface area (TPSA) is 52.5 Å². The van der Waals surface area contributed by atoms with Crippen molar-refractivity contribution in [3.8, 4) is 29.0 Å². The largest absolute Gasteiger partial charge is 0.308 e. The molecule has 48 heavy (non-hydrogen) atoms. The van der Waals surface area contributed by atoms with Crippen LogP contribution in [0.3, 0.4) is 0 Å². The minimum absolute atomic E-state index is 0.586. The summed E-state index contributed by atoms with van der Waals surface area (Å²) in [7, 11) is -2.96. The van der Waals surface area contributed by atoms with Crippen molar-refractivity contribution in [2.24, 2.45) is 0 Å². The third-order valence-corrected chi connectivity index (χ3v) is 14.3. The maximum atomic E-state index is 10.6. The molecule has 0 saturated carbocycles. The summed E-state index contributed by atoms with van der Waals surface area (Å²) in [5, 5.41) is 28.1. The van der Waals surface area contributed by atoms with Crippen LogP contribution in [-0.4, -0.2) is 12.6 Å². The predicted octanol–water partition coefficient (Wildman–Crippen LogP) is 7.57. The van der Waals surface area contributed by atoms with E-state index in [-0.39, 0.29) is 0 Å². The molecule has 0 amide bonds. The molecule has 1 aromatic heterocycles. The first-order valence-corrected chi connectivity index (χ1v) is 18.0. The highest BCUT2D eigenvalue weighted by molar-refractivity contribution is 7.20. The molecule has 3 nitrogen and oxygen atoms in total. The molecule has 0 saturated heterocycles. The van der Waals surface area contributed by atoms with Gasteiger partial charge < -0.3 is 4.57 Å².